The molecule has 134 valence electrons. The molecule has 2 aliphatic rings. The summed E-state index contributed by atoms with van der Waals surface area (Å²) in [4.78, 5) is 16.8. The molecular weight excluding hydrogens is 290 g/mol. The van der Waals surface area contributed by atoms with Crippen molar-refractivity contribution in [3.63, 3.8) is 0 Å². The highest BCUT2D eigenvalue weighted by Crippen LogP contribution is 2.28. The van der Waals surface area contributed by atoms with E-state index in [1.807, 2.05) is 25.7 Å². The van der Waals surface area contributed by atoms with E-state index in [1.54, 1.807) is 0 Å². The molecule has 1 aliphatic heterocycles. The summed E-state index contributed by atoms with van der Waals surface area (Å²) in [6, 6.07) is 0.989. The summed E-state index contributed by atoms with van der Waals surface area (Å²) in [6.07, 6.45) is 5.81. The van der Waals surface area contributed by atoms with Crippen LogP contribution in [0.1, 0.15) is 59.8 Å². The Morgan fingerprint density at radius 2 is 1.96 bits per heavy atom. The number of rotatable bonds is 6. The fourth-order valence-corrected chi connectivity index (χ4v) is 3.20. The third-order valence-corrected chi connectivity index (χ3v) is 4.67. The van der Waals surface area contributed by atoms with E-state index in [9.17, 15) is 4.79 Å². The van der Waals surface area contributed by atoms with E-state index in [1.165, 1.54) is 32.4 Å². The second-order valence-electron chi connectivity index (χ2n) is 7.92. The Morgan fingerprint density at radius 1 is 1.22 bits per heavy atom. The zero-order valence-electron chi connectivity index (χ0n) is 15.4. The Bertz CT molecular complexity index is 377. The van der Waals surface area contributed by atoms with Gasteiger partial charge in [-0.15, -0.1) is 0 Å². The van der Waals surface area contributed by atoms with Crippen LogP contribution >= 0.6 is 0 Å². The van der Waals surface area contributed by atoms with Crippen molar-refractivity contribution in [2.75, 3.05) is 32.7 Å². The van der Waals surface area contributed by atoms with Crippen LogP contribution in [0, 0.1) is 0 Å². The van der Waals surface area contributed by atoms with Gasteiger partial charge in [-0.2, -0.15) is 0 Å². The summed E-state index contributed by atoms with van der Waals surface area (Å²) < 4.78 is 5.54. The van der Waals surface area contributed by atoms with Gasteiger partial charge in [-0.25, -0.2) is 4.79 Å². The van der Waals surface area contributed by atoms with Gasteiger partial charge in [0.25, 0.3) is 0 Å². The summed E-state index contributed by atoms with van der Waals surface area (Å²) in [5.74, 6) is 0. The molecule has 0 bridgehead atoms. The lowest BCUT2D eigenvalue weighted by Gasteiger charge is -2.28. The van der Waals surface area contributed by atoms with Gasteiger partial charge in [0.15, 0.2) is 0 Å². The van der Waals surface area contributed by atoms with E-state index in [-0.39, 0.29) is 6.09 Å². The largest absolute Gasteiger partial charge is 0.444 e. The SMILES string of the molecule is CCN1CCCC(NCCN(C(=O)OC(C)(C)C)C2CC2)CC1. The molecule has 1 heterocycles. The van der Waals surface area contributed by atoms with Crippen LogP contribution in [0.4, 0.5) is 4.79 Å². The van der Waals surface area contributed by atoms with Gasteiger partial charge in [-0.1, -0.05) is 6.92 Å². The van der Waals surface area contributed by atoms with Gasteiger partial charge < -0.3 is 19.9 Å². The van der Waals surface area contributed by atoms with E-state index < -0.39 is 5.60 Å². The van der Waals surface area contributed by atoms with Gasteiger partial charge in [0.1, 0.15) is 5.60 Å². The van der Waals surface area contributed by atoms with Crippen molar-refractivity contribution in [1.29, 1.82) is 0 Å². The number of hydrogen-bond donors (Lipinski definition) is 1. The van der Waals surface area contributed by atoms with Crippen LogP contribution in [-0.2, 0) is 4.74 Å². The topological polar surface area (TPSA) is 44.8 Å². The standard InChI is InChI=1S/C18H35N3O2/c1-5-20-12-6-7-15(10-13-20)19-11-14-21(16-8-9-16)17(22)23-18(2,3)4/h15-16,19H,5-14H2,1-4H3. The van der Waals surface area contributed by atoms with Crippen molar-refractivity contribution in [3.05, 3.63) is 0 Å². The highest BCUT2D eigenvalue weighted by molar-refractivity contribution is 5.69. The average Bonchev–Trinajstić information content (AvgIpc) is 3.28. The highest BCUT2D eigenvalue weighted by Gasteiger charge is 2.34. The Balaban J connectivity index is 1.73. The quantitative estimate of drug-likeness (QED) is 0.815. The molecule has 1 N–H and O–H groups in total. The van der Waals surface area contributed by atoms with E-state index in [0.29, 0.717) is 12.1 Å². The first-order chi connectivity index (χ1) is 10.9. The molecule has 0 aromatic rings. The molecule has 0 spiro atoms. The number of nitrogens with one attached hydrogen (secondary N) is 1. The zero-order valence-corrected chi connectivity index (χ0v) is 15.4. The predicted octanol–water partition coefficient (Wildman–Crippen LogP) is 2.85. The molecule has 5 heteroatoms. The summed E-state index contributed by atoms with van der Waals surface area (Å²) in [7, 11) is 0. The van der Waals surface area contributed by atoms with Crippen molar-refractivity contribution in [3.8, 4) is 0 Å². The molecule has 2 rings (SSSR count). The van der Waals surface area contributed by atoms with Gasteiger partial charge in [-0.05, 0) is 72.5 Å². The molecule has 1 saturated heterocycles. The van der Waals surface area contributed by atoms with Gasteiger partial charge in [0.05, 0.1) is 0 Å². The van der Waals surface area contributed by atoms with E-state index in [0.717, 1.165) is 32.5 Å². The molecule has 0 aromatic carbocycles. The summed E-state index contributed by atoms with van der Waals surface area (Å²) >= 11 is 0. The van der Waals surface area contributed by atoms with E-state index >= 15 is 0 Å². The second-order valence-corrected chi connectivity index (χ2v) is 7.92. The van der Waals surface area contributed by atoms with Crippen LogP contribution in [0.25, 0.3) is 0 Å². The van der Waals surface area contributed by atoms with E-state index in [4.69, 9.17) is 4.74 Å². The van der Waals surface area contributed by atoms with Crippen LogP contribution in [-0.4, -0.2) is 66.3 Å². The molecule has 23 heavy (non-hydrogen) atoms. The molecule has 1 aliphatic carbocycles. The van der Waals surface area contributed by atoms with Crippen molar-refractivity contribution in [2.24, 2.45) is 0 Å². The number of hydrogen-bond acceptors (Lipinski definition) is 4. The van der Waals surface area contributed by atoms with Crippen LogP contribution in [0.2, 0.25) is 0 Å². The minimum Gasteiger partial charge on any atom is -0.444 e. The Labute approximate surface area is 141 Å². The van der Waals surface area contributed by atoms with Gasteiger partial charge >= 0.3 is 6.09 Å². The van der Waals surface area contributed by atoms with Crippen LogP contribution in [0.15, 0.2) is 0 Å². The lowest BCUT2D eigenvalue weighted by atomic mass is 10.1. The van der Waals surface area contributed by atoms with Gasteiger partial charge in [0, 0.05) is 25.2 Å². The number of amides is 1. The molecule has 0 aromatic heterocycles. The van der Waals surface area contributed by atoms with Crippen LogP contribution in [0.3, 0.4) is 0 Å². The van der Waals surface area contributed by atoms with Crippen molar-refractivity contribution in [1.82, 2.24) is 15.1 Å². The molecule has 2 fully saturated rings. The maximum absolute atomic E-state index is 12.3. The summed E-state index contributed by atoms with van der Waals surface area (Å²) in [5, 5.41) is 3.66. The number of nitrogens with zero attached hydrogens (tertiary/aromatic N) is 2. The van der Waals surface area contributed by atoms with Gasteiger partial charge in [0.2, 0.25) is 0 Å². The maximum atomic E-state index is 12.3. The third kappa shape index (κ3) is 6.68. The number of carbonyl (C=O) groups is 1. The molecule has 1 unspecified atom stereocenters. The summed E-state index contributed by atoms with van der Waals surface area (Å²) in [5.41, 5.74) is -0.414. The van der Waals surface area contributed by atoms with E-state index in [2.05, 4.69) is 17.1 Å². The minimum absolute atomic E-state index is 0.153. The second kappa shape index (κ2) is 8.34. The Kier molecular flexibility index (Phi) is 6.72. The van der Waals surface area contributed by atoms with Gasteiger partial charge in [-0.3, -0.25) is 0 Å². The molecule has 1 atom stereocenters. The molecule has 1 saturated carbocycles. The van der Waals surface area contributed by atoms with Crippen molar-refractivity contribution < 1.29 is 9.53 Å². The monoisotopic (exact) mass is 325 g/mol. The maximum Gasteiger partial charge on any atom is 0.410 e. The highest BCUT2D eigenvalue weighted by atomic mass is 16.6. The molecule has 5 nitrogen and oxygen atoms in total. The zero-order chi connectivity index (χ0) is 16.9. The normalized spacial score (nSPS) is 23.4. The minimum atomic E-state index is -0.414. The fourth-order valence-electron chi connectivity index (χ4n) is 3.20. The molecule has 0 radical (unpaired) electrons. The van der Waals surface area contributed by atoms with Crippen molar-refractivity contribution in [2.45, 2.75) is 77.5 Å². The molecular formula is C18H35N3O2. The first-order valence-electron chi connectivity index (χ1n) is 9.34. The predicted molar refractivity (Wildman–Crippen MR) is 93.7 cm³/mol. The number of carbonyl (C=O) groups excluding carboxylic acids is 1. The van der Waals surface area contributed by atoms with Crippen LogP contribution in [0.5, 0.6) is 0 Å². The lowest BCUT2D eigenvalue weighted by Crippen LogP contribution is -2.43. The number of ether oxygens (including phenoxy) is 1. The average molecular weight is 325 g/mol. The van der Waals surface area contributed by atoms with Crippen LogP contribution < -0.4 is 5.32 Å². The number of likely N-dealkylation sites (tertiary alicyclic amines) is 1. The van der Waals surface area contributed by atoms with Crippen molar-refractivity contribution >= 4 is 6.09 Å². The first-order valence-corrected chi connectivity index (χ1v) is 9.34. The molecule has 1 amide bonds. The third-order valence-electron chi connectivity index (χ3n) is 4.67. The first kappa shape index (κ1) is 18.5. The summed E-state index contributed by atoms with van der Waals surface area (Å²) in [6.45, 7) is 13.2. The Morgan fingerprint density at radius 3 is 2.57 bits per heavy atom. The lowest BCUT2D eigenvalue weighted by molar-refractivity contribution is 0.0234. The Hall–Kier alpha value is -0.810. The smallest absolute Gasteiger partial charge is 0.410 e. The fraction of sp³-hybridized carbons (Fsp3) is 0.944.